The second kappa shape index (κ2) is 5.88. The normalized spacial score (nSPS) is 18.5. The third kappa shape index (κ3) is 2.96. The van der Waals surface area contributed by atoms with E-state index in [9.17, 15) is 0 Å². The van der Waals surface area contributed by atoms with E-state index in [4.69, 9.17) is 10.9 Å². The van der Waals surface area contributed by atoms with E-state index >= 15 is 0 Å². The van der Waals surface area contributed by atoms with Crippen molar-refractivity contribution >= 4 is 11.5 Å². The molecule has 1 aromatic heterocycles. The first-order chi connectivity index (χ1) is 9.13. The number of anilines is 1. The van der Waals surface area contributed by atoms with Crippen LogP contribution in [0, 0.1) is 0 Å². The molecule has 3 N–H and O–H groups in total. The van der Waals surface area contributed by atoms with Gasteiger partial charge >= 0.3 is 0 Å². The maximum Gasteiger partial charge on any atom is 0.172 e. The molecule has 1 aromatic rings. The zero-order valence-corrected chi connectivity index (χ0v) is 11.5. The number of aromatic nitrogens is 1. The van der Waals surface area contributed by atoms with Crippen molar-refractivity contribution in [1.29, 1.82) is 0 Å². The molecule has 0 bridgehead atoms. The van der Waals surface area contributed by atoms with Gasteiger partial charge in [-0.25, -0.2) is 0 Å². The molecule has 1 saturated heterocycles. The van der Waals surface area contributed by atoms with Gasteiger partial charge in [0.15, 0.2) is 5.84 Å². The molecule has 0 radical (unpaired) electrons. The molecular weight excluding hydrogens is 242 g/mol. The molecule has 0 spiro atoms. The molecule has 2 rings (SSSR count). The van der Waals surface area contributed by atoms with Gasteiger partial charge in [0, 0.05) is 24.8 Å². The quantitative estimate of drug-likeness (QED) is 0.363. The van der Waals surface area contributed by atoms with Crippen LogP contribution in [0.3, 0.4) is 0 Å². The standard InChI is InChI=1S/C13H21N5O/c1-17-7-4-10(5-8-17)18(2)12-9-15-6-3-11(12)13(14)16-19/h3,6,9-10,19H,4-5,7-8H2,1-2H3,(H2,14,16). The molecule has 1 aliphatic heterocycles. The molecule has 1 fully saturated rings. The Morgan fingerprint density at radius 3 is 2.84 bits per heavy atom. The third-order valence-electron chi connectivity index (χ3n) is 3.80. The SMILES string of the molecule is CN1CCC(N(C)c2cnccc2/C(N)=N/O)CC1. The van der Waals surface area contributed by atoms with Gasteiger partial charge in [-0.2, -0.15) is 0 Å². The Morgan fingerprint density at radius 1 is 1.53 bits per heavy atom. The van der Waals surface area contributed by atoms with Crippen molar-refractivity contribution in [2.45, 2.75) is 18.9 Å². The van der Waals surface area contributed by atoms with E-state index < -0.39 is 0 Å². The smallest absolute Gasteiger partial charge is 0.172 e. The van der Waals surface area contributed by atoms with Gasteiger partial charge in [0.2, 0.25) is 0 Å². The molecule has 0 saturated carbocycles. The number of amidine groups is 1. The van der Waals surface area contributed by atoms with Gasteiger partial charge in [0.25, 0.3) is 0 Å². The zero-order valence-electron chi connectivity index (χ0n) is 11.5. The lowest BCUT2D eigenvalue weighted by Gasteiger charge is -2.36. The number of oxime groups is 1. The second-order valence-corrected chi connectivity index (χ2v) is 5.02. The van der Waals surface area contributed by atoms with Gasteiger partial charge in [0.1, 0.15) is 0 Å². The van der Waals surface area contributed by atoms with Crippen molar-refractivity contribution in [3.05, 3.63) is 24.0 Å². The first kappa shape index (κ1) is 13.6. The Morgan fingerprint density at radius 2 is 2.21 bits per heavy atom. The largest absolute Gasteiger partial charge is 0.409 e. The Hall–Kier alpha value is -1.82. The van der Waals surface area contributed by atoms with Crippen LogP contribution in [0.15, 0.2) is 23.6 Å². The highest BCUT2D eigenvalue weighted by Gasteiger charge is 2.23. The van der Waals surface area contributed by atoms with Crippen molar-refractivity contribution in [3.8, 4) is 0 Å². The van der Waals surface area contributed by atoms with Crippen molar-refractivity contribution in [1.82, 2.24) is 9.88 Å². The van der Waals surface area contributed by atoms with Gasteiger partial charge in [-0.15, -0.1) is 0 Å². The summed E-state index contributed by atoms with van der Waals surface area (Å²) in [4.78, 5) is 8.67. The number of rotatable bonds is 3. The molecule has 2 heterocycles. The van der Waals surface area contributed by atoms with Crippen molar-refractivity contribution in [2.24, 2.45) is 10.9 Å². The average molecular weight is 263 g/mol. The topological polar surface area (TPSA) is 78.0 Å². The summed E-state index contributed by atoms with van der Waals surface area (Å²) in [6.07, 6.45) is 5.64. The molecule has 104 valence electrons. The van der Waals surface area contributed by atoms with Crippen molar-refractivity contribution in [3.63, 3.8) is 0 Å². The summed E-state index contributed by atoms with van der Waals surface area (Å²) in [6.45, 7) is 2.18. The number of likely N-dealkylation sites (tertiary alicyclic amines) is 1. The van der Waals surface area contributed by atoms with E-state index in [0.717, 1.165) is 37.2 Å². The summed E-state index contributed by atoms with van der Waals surface area (Å²) in [5.74, 6) is 0.122. The molecule has 6 heteroatoms. The van der Waals surface area contributed by atoms with Crippen LogP contribution in [0.4, 0.5) is 5.69 Å². The van der Waals surface area contributed by atoms with E-state index in [2.05, 4.69) is 27.0 Å². The lowest BCUT2D eigenvalue weighted by Crippen LogP contribution is -2.42. The van der Waals surface area contributed by atoms with Gasteiger partial charge in [0.05, 0.1) is 11.9 Å². The summed E-state index contributed by atoms with van der Waals surface area (Å²) in [5.41, 5.74) is 7.35. The Balaban J connectivity index is 2.21. The number of hydrogen-bond acceptors (Lipinski definition) is 5. The number of pyridine rings is 1. The van der Waals surface area contributed by atoms with Crippen molar-refractivity contribution in [2.75, 3.05) is 32.1 Å². The highest BCUT2D eigenvalue weighted by atomic mass is 16.4. The molecule has 0 aliphatic carbocycles. The molecule has 19 heavy (non-hydrogen) atoms. The Bertz CT molecular complexity index is 454. The van der Waals surface area contributed by atoms with Crippen LogP contribution in [0.1, 0.15) is 18.4 Å². The minimum absolute atomic E-state index is 0.122. The van der Waals surface area contributed by atoms with E-state index in [-0.39, 0.29) is 5.84 Å². The third-order valence-corrected chi connectivity index (χ3v) is 3.80. The van der Waals surface area contributed by atoms with Gasteiger partial charge < -0.3 is 20.7 Å². The molecule has 0 atom stereocenters. The fourth-order valence-electron chi connectivity index (χ4n) is 2.52. The zero-order chi connectivity index (χ0) is 13.8. The fourth-order valence-corrected chi connectivity index (χ4v) is 2.52. The number of hydrogen-bond donors (Lipinski definition) is 2. The number of nitrogens with zero attached hydrogens (tertiary/aromatic N) is 4. The predicted molar refractivity (Wildman–Crippen MR) is 75.7 cm³/mol. The molecule has 1 aliphatic rings. The van der Waals surface area contributed by atoms with Crippen LogP contribution in [0.25, 0.3) is 0 Å². The van der Waals surface area contributed by atoms with Crippen LogP contribution < -0.4 is 10.6 Å². The van der Waals surface area contributed by atoms with E-state index in [1.165, 1.54) is 0 Å². The minimum Gasteiger partial charge on any atom is -0.409 e. The van der Waals surface area contributed by atoms with Gasteiger partial charge in [-0.1, -0.05) is 5.16 Å². The van der Waals surface area contributed by atoms with Crippen molar-refractivity contribution < 1.29 is 5.21 Å². The van der Waals surface area contributed by atoms with Crippen LogP contribution in [0.2, 0.25) is 0 Å². The van der Waals surface area contributed by atoms with E-state index in [1.54, 1.807) is 18.5 Å². The maximum absolute atomic E-state index is 8.86. The first-order valence-corrected chi connectivity index (χ1v) is 6.46. The van der Waals surface area contributed by atoms with Crippen LogP contribution >= 0.6 is 0 Å². The number of piperidine rings is 1. The lowest BCUT2D eigenvalue weighted by atomic mass is 10.0. The van der Waals surface area contributed by atoms with Crippen LogP contribution in [0.5, 0.6) is 0 Å². The monoisotopic (exact) mass is 263 g/mol. The molecule has 0 amide bonds. The Kier molecular flexibility index (Phi) is 4.21. The molecule has 0 aromatic carbocycles. The molecule has 6 nitrogen and oxygen atoms in total. The minimum atomic E-state index is 0.122. The van der Waals surface area contributed by atoms with Gasteiger partial charge in [-0.3, -0.25) is 4.98 Å². The van der Waals surface area contributed by atoms with Crippen LogP contribution in [-0.4, -0.2) is 54.2 Å². The average Bonchev–Trinajstić information content (AvgIpc) is 2.46. The fraction of sp³-hybridized carbons (Fsp3) is 0.538. The van der Waals surface area contributed by atoms with E-state index in [1.807, 2.05) is 7.05 Å². The predicted octanol–water partition coefficient (Wildman–Crippen LogP) is 0.707. The Labute approximate surface area is 113 Å². The summed E-state index contributed by atoms with van der Waals surface area (Å²) in [7, 11) is 4.18. The highest BCUT2D eigenvalue weighted by Crippen LogP contribution is 2.24. The maximum atomic E-state index is 8.86. The van der Waals surface area contributed by atoms with Crippen LogP contribution in [-0.2, 0) is 0 Å². The lowest BCUT2D eigenvalue weighted by molar-refractivity contribution is 0.253. The summed E-state index contributed by atoms with van der Waals surface area (Å²) >= 11 is 0. The number of nitrogens with two attached hydrogens (primary N) is 1. The van der Waals surface area contributed by atoms with E-state index in [0.29, 0.717) is 6.04 Å². The first-order valence-electron chi connectivity index (χ1n) is 6.46. The highest BCUT2D eigenvalue weighted by molar-refractivity contribution is 6.02. The van der Waals surface area contributed by atoms with Gasteiger partial charge in [-0.05, 0) is 39.0 Å². The summed E-state index contributed by atoms with van der Waals surface area (Å²) in [5, 5.41) is 11.9. The summed E-state index contributed by atoms with van der Waals surface area (Å²) < 4.78 is 0. The molecular formula is C13H21N5O. The second-order valence-electron chi connectivity index (χ2n) is 5.02. The summed E-state index contributed by atoms with van der Waals surface area (Å²) in [6, 6.07) is 2.24. The molecule has 0 unspecified atom stereocenters.